The molecule has 1 aliphatic heterocycles. The molecule has 1 atom stereocenters. The fraction of sp³-hybridized carbons (Fsp3) is 0.600. The van der Waals surface area contributed by atoms with Crippen LogP contribution in [0.1, 0.15) is 32.4 Å². The third-order valence-corrected chi connectivity index (χ3v) is 4.11. The molecule has 0 amide bonds. The Labute approximate surface area is 120 Å². The first-order chi connectivity index (χ1) is 9.00. The summed E-state index contributed by atoms with van der Waals surface area (Å²) >= 11 is 1.76. The maximum atomic E-state index is 5.66. The molecule has 1 aromatic rings. The highest BCUT2D eigenvalue weighted by Gasteiger charge is 2.28. The van der Waals surface area contributed by atoms with Gasteiger partial charge in [0.25, 0.3) is 0 Å². The highest BCUT2D eigenvalue weighted by atomic mass is 32.2. The second-order valence-electron chi connectivity index (χ2n) is 5.38. The van der Waals surface area contributed by atoms with Crippen molar-refractivity contribution >= 4 is 11.8 Å². The van der Waals surface area contributed by atoms with E-state index in [4.69, 9.17) is 9.47 Å². The normalized spacial score (nSPS) is 21.3. The van der Waals surface area contributed by atoms with E-state index in [2.05, 4.69) is 42.8 Å². The molecular weight excluding hydrogens is 258 g/mol. The van der Waals surface area contributed by atoms with E-state index < -0.39 is 5.79 Å². The molecule has 2 rings (SSSR count). The zero-order chi connectivity index (χ0) is 13.9. The topological polar surface area (TPSA) is 30.5 Å². The highest BCUT2D eigenvalue weighted by molar-refractivity contribution is 7.98. The van der Waals surface area contributed by atoms with Gasteiger partial charge in [0.05, 0.1) is 19.3 Å². The molecule has 1 unspecified atom stereocenters. The molecule has 0 aliphatic carbocycles. The van der Waals surface area contributed by atoms with Crippen LogP contribution in [0.25, 0.3) is 0 Å². The Hall–Kier alpha value is -0.550. The average molecular weight is 281 g/mol. The summed E-state index contributed by atoms with van der Waals surface area (Å²) in [6.07, 6.45) is 2.09. The minimum Gasteiger partial charge on any atom is -0.349 e. The minimum atomic E-state index is -0.443. The average Bonchev–Trinajstić information content (AvgIpc) is 2.41. The molecule has 1 aromatic carbocycles. The number of benzene rings is 1. The van der Waals surface area contributed by atoms with Gasteiger partial charge in [-0.3, -0.25) is 0 Å². The van der Waals surface area contributed by atoms with Crippen molar-refractivity contribution in [2.24, 2.45) is 0 Å². The molecule has 3 nitrogen and oxygen atoms in total. The maximum Gasteiger partial charge on any atom is 0.162 e. The molecule has 0 bridgehead atoms. The van der Waals surface area contributed by atoms with Crippen LogP contribution in [-0.2, 0) is 9.47 Å². The summed E-state index contributed by atoms with van der Waals surface area (Å²) in [7, 11) is 0. The number of ether oxygens (including phenoxy) is 2. The van der Waals surface area contributed by atoms with E-state index in [0.29, 0.717) is 19.3 Å². The molecule has 0 aromatic heterocycles. The van der Waals surface area contributed by atoms with Crippen molar-refractivity contribution in [1.29, 1.82) is 0 Å². The van der Waals surface area contributed by atoms with Gasteiger partial charge >= 0.3 is 0 Å². The van der Waals surface area contributed by atoms with E-state index in [-0.39, 0.29) is 6.04 Å². The maximum absolute atomic E-state index is 5.66. The van der Waals surface area contributed by atoms with Gasteiger partial charge in [0.1, 0.15) is 0 Å². The lowest BCUT2D eigenvalue weighted by Crippen LogP contribution is -2.49. The molecule has 1 N–H and O–H groups in total. The largest absolute Gasteiger partial charge is 0.349 e. The van der Waals surface area contributed by atoms with Crippen molar-refractivity contribution in [1.82, 2.24) is 5.32 Å². The van der Waals surface area contributed by atoms with Crippen LogP contribution in [0.4, 0.5) is 0 Å². The molecule has 1 saturated heterocycles. The third-order valence-electron chi connectivity index (χ3n) is 3.37. The summed E-state index contributed by atoms with van der Waals surface area (Å²) in [6.45, 7) is 7.47. The van der Waals surface area contributed by atoms with Crippen molar-refractivity contribution in [3.8, 4) is 0 Å². The van der Waals surface area contributed by atoms with Gasteiger partial charge < -0.3 is 14.8 Å². The standard InChI is InChI=1S/C15H23NO2S/c1-11(12-5-7-14(19-4)8-6-12)16-13-9-17-15(2,3)18-10-13/h5-8,11,13,16H,9-10H2,1-4H3. The van der Waals surface area contributed by atoms with Crippen LogP contribution in [0.5, 0.6) is 0 Å². The predicted octanol–water partition coefficient (Wildman–Crippen LogP) is 3.21. The van der Waals surface area contributed by atoms with Crippen molar-refractivity contribution in [3.63, 3.8) is 0 Å². The van der Waals surface area contributed by atoms with Crippen LogP contribution in [0.3, 0.4) is 0 Å². The lowest BCUT2D eigenvalue weighted by atomic mass is 10.1. The molecule has 1 heterocycles. The number of rotatable bonds is 4. The van der Waals surface area contributed by atoms with Crippen LogP contribution in [0, 0.1) is 0 Å². The molecule has 1 aliphatic rings. The van der Waals surface area contributed by atoms with Gasteiger partial charge in [-0.15, -0.1) is 11.8 Å². The highest BCUT2D eigenvalue weighted by Crippen LogP contribution is 2.21. The van der Waals surface area contributed by atoms with Gasteiger partial charge in [0, 0.05) is 10.9 Å². The van der Waals surface area contributed by atoms with E-state index >= 15 is 0 Å². The molecule has 0 saturated carbocycles. The number of hydrogen-bond donors (Lipinski definition) is 1. The Morgan fingerprint density at radius 1 is 1.21 bits per heavy atom. The van der Waals surface area contributed by atoms with Gasteiger partial charge in [-0.2, -0.15) is 0 Å². The Morgan fingerprint density at radius 2 is 1.79 bits per heavy atom. The van der Waals surface area contributed by atoms with E-state index in [1.807, 2.05) is 13.8 Å². The Morgan fingerprint density at radius 3 is 2.32 bits per heavy atom. The molecule has 4 heteroatoms. The van der Waals surface area contributed by atoms with E-state index in [1.54, 1.807) is 11.8 Å². The van der Waals surface area contributed by atoms with Gasteiger partial charge in [-0.25, -0.2) is 0 Å². The third kappa shape index (κ3) is 4.21. The van der Waals surface area contributed by atoms with Crippen LogP contribution in [0.2, 0.25) is 0 Å². The number of thioether (sulfide) groups is 1. The van der Waals surface area contributed by atoms with Crippen LogP contribution in [0.15, 0.2) is 29.2 Å². The van der Waals surface area contributed by atoms with Gasteiger partial charge in [0.2, 0.25) is 0 Å². The van der Waals surface area contributed by atoms with Crippen LogP contribution < -0.4 is 5.32 Å². The molecule has 1 fully saturated rings. The second-order valence-corrected chi connectivity index (χ2v) is 6.26. The van der Waals surface area contributed by atoms with Gasteiger partial charge in [-0.1, -0.05) is 12.1 Å². The molecular formula is C15H23NO2S. The van der Waals surface area contributed by atoms with Gasteiger partial charge in [-0.05, 0) is 44.7 Å². The number of nitrogens with one attached hydrogen (secondary N) is 1. The fourth-order valence-electron chi connectivity index (χ4n) is 2.13. The predicted molar refractivity (Wildman–Crippen MR) is 79.5 cm³/mol. The number of hydrogen-bond acceptors (Lipinski definition) is 4. The van der Waals surface area contributed by atoms with Crippen LogP contribution >= 0.6 is 11.8 Å². The van der Waals surface area contributed by atoms with Crippen molar-refractivity contribution in [2.75, 3.05) is 19.5 Å². The summed E-state index contributed by atoms with van der Waals surface area (Å²) in [5, 5.41) is 3.55. The quantitative estimate of drug-likeness (QED) is 0.859. The Kier molecular flexibility index (Phi) is 4.90. The summed E-state index contributed by atoms with van der Waals surface area (Å²) in [6, 6.07) is 9.23. The lowest BCUT2D eigenvalue weighted by molar-refractivity contribution is -0.253. The van der Waals surface area contributed by atoms with Crippen molar-refractivity contribution < 1.29 is 9.47 Å². The zero-order valence-electron chi connectivity index (χ0n) is 12.1. The smallest absolute Gasteiger partial charge is 0.162 e. The lowest BCUT2D eigenvalue weighted by Gasteiger charge is -2.36. The summed E-state index contributed by atoms with van der Waals surface area (Å²) in [4.78, 5) is 1.29. The Balaban J connectivity index is 1.88. The van der Waals surface area contributed by atoms with Crippen molar-refractivity contribution in [2.45, 2.75) is 43.5 Å². The first-order valence-electron chi connectivity index (χ1n) is 6.68. The Bertz CT molecular complexity index is 395. The van der Waals surface area contributed by atoms with Crippen LogP contribution in [-0.4, -0.2) is 31.3 Å². The fourth-order valence-corrected chi connectivity index (χ4v) is 2.54. The van der Waals surface area contributed by atoms with Gasteiger partial charge in [0.15, 0.2) is 5.79 Å². The summed E-state index contributed by atoms with van der Waals surface area (Å²) in [5.41, 5.74) is 1.29. The summed E-state index contributed by atoms with van der Waals surface area (Å²) in [5.74, 6) is -0.443. The monoisotopic (exact) mass is 281 g/mol. The van der Waals surface area contributed by atoms with E-state index in [0.717, 1.165) is 0 Å². The molecule has 0 spiro atoms. The SMILES string of the molecule is CSc1ccc(C(C)NC2COC(C)(C)OC2)cc1. The molecule has 106 valence electrons. The van der Waals surface area contributed by atoms with E-state index in [1.165, 1.54) is 10.5 Å². The zero-order valence-corrected chi connectivity index (χ0v) is 12.9. The second kappa shape index (κ2) is 6.27. The minimum absolute atomic E-state index is 0.253. The summed E-state index contributed by atoms with van der Waals surface area (Å²) < 4.78 is 11.3. The molecule has 0 radical (unpaired) electrons. The van der Waals surface area contributed by atoms with Crippen molar-refractivity contribution in [3.05, 3.63) is 29.8 Å². The first-order valence-corrected chi connectivity index (χ1v) is 7.90. The van der Waals surface area contributed by atoms with E-state index in [9.17, 15) is 0 Å². The first kappa shape index (κ1) is 14.9. The molecule has 19 heavy (non-hydrogen) atoms.